The van der Waals surface area contributed by atoms with Gasteiger partial charge in [-0.05, 0) is 55.2 Å². The average molecular weight is 405 g/mol. The highest BCUT2D eigenvalue weighted by Gasteiger charge is 2.22. The smallest absolute Gasteiger partial charge is 0.269 e. The summed E-state index contributed by atoms with van der Waals surface area (Å²) < 4.78 is 5.37. The largest absolute Gasteiger partial charge is 0.334 e. The van der Waals surface area contributed by atoms with E-state index in [2.05, 4.69) is 41.3 Å². The Kier molecular flexibility index (Phi) is 6.21. The van der Waals surface area contributed by atoms with Crippen LogP contribution in [-0.4, -0.2) is 15.1 Å². The quantitative estimate of drug-likeness (QED) is 0.320. The molecule has 0 radical (unpaired) electrons. The van der Waals surface area contributed by atoms with Gasteiger partial charge >= 0.3 is 0 Å². The molecule has 2 aromatic carbocycles. The molecule has 0 aliphatic heterocycles. The molecule has 1 aliphatic rings. The Morgan fingerprint density at radius 3 is 2.30 bits per heavy atom. The van der Waals surface area contributed by atoms with E-state index in [4.69, 9.17) is 4.52 Å². The molecular formula is C24H27N3O3. The van der Waals surface area contributed by atoms with Crippen LogP contribution in [0.15, 0.2) is 53.1 Å². The summed E-state index contributed by atoms with van der Waals surface area (Å²) >= 11 is 0. The Morgan fingerprint density at radius 1 is 1.00 bits per heavy atom. The van der Waals surface area contributed by atoms with Crippen LogP contribution in [-0.2, 0) is 0 Å². The molecule has 1 fully saturated rings. The fourth-order valence-electron chi connectivity index (χ4n) is 4.37. The molecule has 1 saturated carbocycles. The van der Waals surface area contributed by atoms with E-state index in [0.29, 0.717) is 23.2 Å². The van der Waals surface area contributed by atoms with Crippen LogP contribution in [0.1, 0.15) is 63.4 Å². The van der Waals surface area contributed by atoms with Crippen molar-refractivity contribution in [3.63, 3.8) is 0 Å². The van der Waals surface area contributed by atoms with Crippen molar-refractivity contribution in [2.24, 2.45) is 5.92 Å². The van der Waals surface area contributed by atoms with Crippen LogP contribution in [0.5, 0.6) is 0 Å². The van der Waals surface area contributed by atoms with Gasteiger partial charge in [0.1, 0.15) is 0 Å². The molecule has 4 rings (SSSR count). The van der Waals surface area contributed by atoms with E-state index in [1.165, 1.54) is 62.6 Å². The molecule has 156 valence electrons. The fourth-order valence-corrected chi connectivity index (χ4v) is 4.37. The first-order valence-corrected chi connectivity index (χ1v) is 10.8. The van der Waals surface area contributed by atoms with Crippen LogP contribution < -0.4 is 0 Å². The molecule has 1 aromatic heterocycles. The highest BCUT2D eigenvalue weighted by Crippen LogP contribution is 2.38. The Morgan fingerprint density at radius 2 is 1.67 bits per heavy atom. The van der Waals surface area contributed by atoms with Gasteiger partial charge in [-0.15, -0.1) is 0 Å². The number of nitrogens with zero attached hydrogens (tertiary/aromatic N) is 3. The lowest BCUT2D eigenvalue weighted by Gasteiger charge is -2.28. The van der Waals surface area contributed by atoms with Crippen molar-refractivity contribution >= 4 is 5.69 Å². The zero-order valence-corrected chi connectivity index (χ0v) is 17.3. The number of nitro benzene ring substituents is 1. The average Bonchev–Trinajstić information content (AvgIpc) is 3.28. The van der Waals surface area contributed by atoms with Crippen LogP contribution >= 0.6 is 0 Å². The van der Waals surface area contributed by atoms with Gasteiger partial charge in [0.05, 0.1) is 4.92 Å². The lowest BCUT2D eigenvalue weighted by atomic mass is 9.77. The summed E-state index contributed by atoms with van der Waals surface area (Å²) in [6.07, 6.45) is 9.28. The molecule has 0 spiro atoms. The van der Waals surface area contributed by atoms with Crippen LogP contribution in [0.2, 0.25) is 0 Å². The molecule has 0 amide bonds. The molecular weight excluding hydrogens is 378 g/mol. The number of unbranched alkanes of at least 4 members (excludes halogenated alkanes) is 1. The Labute approximate surface area is 176 Å². The standard InChI is InChI=1S/C24H27N3O3/c1-2-3-4-17-5-7-18(8-6-17)19-9-11-20(12-10-19)23-25-24(30-26-23)21-13-15-22(16-14-21)27(28)29/h9-18H,2-8H2,1H3. The van der Waals surface area contributed by atoms with Gasteiger partial charge in [-0.1, -0.05) is 55.6 Å². The number of nitro groups is 1. The van der Waals surface area contributed by atoms with E-state index in [-0.39, 0.29) is 5.69 Å². The van der Waals surface area contributed by atoms with Crippen molar-refractivity contribution in [3.8, 4) is 22.8 Å². The fraction of sp³-hybridized carbons (Fsp3) is 0.417. The summed E-state index contributed by atoms with van der Waals surface area (Å²) in [4.78, 5) is 14.8. The number of hydrogen-bond donors (Lipinski definition) is 0. The van der Waals surface area contributed by atoms with Gasteiger partial charge in [0.2, 0.25) is 5.82 Å². The van der Waals surface area contributed by atoms with E-state index in [9.17, 15) is 10.1 Å². The summed E-state index contributed by atoms with van der Waals surface area (Å²) in [6, 6.07) is 14.6. The predicted molar refractivity (Wildman–Crippen MR) is 116 cm³/mol. The second-order valence-electron chi connectivity index (χ2n) is 8.21. The van der Waals surface area contributed by atoms with Crippen molar-refractivity contribution < 1.29 is 9.45 Å². The van der Waals surface area contributed by atoms with Crippen molar-refractivity contribution in [2.45, 2.75) is 57.8 Å². The van der Waals surface area contributed by atoms with Gasteiger partial charge in [0.15, 0.2) is 0 Å². The molecule has 1 heterocycles. The third-order valence-electron chi connectivity index (χ3n) is 6.20. The minimum Gasteiger partial charge on any atom is -0.334 e. The van der Waals surface area contributed by atoms with Gasteiger partial charge in [-0.3, -0.25) is 10.1 Å². The Hall–Kier alpha value is -3.02. The number of non-ortho nitro benzene ring substituents is 1. The topological polar surface area (TPSA) is 82.1 Å². The third kappa shape index (κ3) is 4.58. The van der Waals surface area contributed by atoms with Crippen LogP contribution in [0.25, 0.3) is 22.8 Å². The zero-order valence-electron chi connectivity index (χ0n) is 17.3. The number of benzene rings is 2. The van der Waals surface area contributed by atoms with E-state index in [0.717, 1.165) is 11.5 Å². The first-order valence-electron chi connectivity index (χ1n) is 10.8. The summed E-state index contributed by atoms with van der Waals surface area (Å²) in [5.41, 5.74) is 3.00. The SMILES string of the molecule is CCCCC1CCC(c2ccc(-c3noc(-c4ccc([N+](=O)[O-])cc4)n3)cc2)CC1. The molecule has 0 bridgehead atoms. The van der Waals surface area contributed by atoms with Crippen LogP contribution in [0, 0.1) is 16.0 Å². The molecule has 1 aliphatic carbocycles. The van der Waals surface area contributed by atoms with E-state index in [1.807, 2.05) is 0 Å². The van der Waals surface area contributed by atoms with Crippen molar-refractivity contribution in [3.05, 3.63) is 64.2 Å². The van der Waals surface area contributed by atoms with Gasteiger partial charge in [-0.25, -0.2) is 0 Å². The van der Waals surface area contributed by atoms with Gasteiger partial charge in [0, 0.05) is 23.3 Å². The Balaban J connectivity index is 1.41. The van der Waals surface area contributed by atoms with Crippen molar-refractivity contribution in [2.75, 3.05) is 0 Å². The van der Waals surface area contributed by atoms with Crippen molar-refractivity contribution in [1.29, 1.82) is 0 Å². The first-order chi connectivity index (χ1) is 14.6. The summed E-state index contributed by atoms with van der Waals surface area (Å²) in [6.45, 7) is 2.27. The maximum atomic E-state index is 10.8. The molecule has 6 nitrogen and oxygen atoms in total. The predicted octanol–water partition coefficient (Wildman–Crippen LogP) is 6.78. The number of hydrogen-bond acceptors (Lipinski definition) is 5. The minimum absolute atomic E-state index is 0.0356. The molecule has 3 aromatic rings. The van der Waals surface area contributed by atoms with Crippen LogP contribution in [0.4, 0.5) is 5.69 Å². The molecule has 0 N–H and O–H groups in total. The van der Waals surface area contributed by atoms with Gasteiger partial charge in [-0.2, -0.15) is 4.98 Å². The van der Waals surface area contributed by atoms with E-state index < -0.39 is 4.92 Å². The van der Waals surface area contributed by atoms with E-state index in [1.54, 1.807) is 12.1 Å². The number of rotatable bonds is 7. The Bertz CT molecular complexity index is 972. The number of aromatic nitrogens is 2. The molecule has 6 heteroatoms. The highest BCUT2D eigenvalue weighted by atomic mass is 16.6. The van der Waals surface area contributed by atoms with Gasteiger partial charge < -0.3 is 4.52 Å². The maximum Gasteiger partial charge on any atom is 0.269 e. The van der Waals surface area contributed by atoms with Crippen molar-refractivity contribution in [1.82, 2.24) is 10.1 Å². The van der Waals surface area contributed by atoms with Crippen LogP contribution in [0.3, 0.4) is 0 Å². The van der Waals surface area contributed by atoms with E-state index >= 15 is 0 Å². The molecule has 30 heavy (non-hydrogen) atoms. The summed E-state index contributed by atoms with van der Waals surface area (Å²) in [5.74, 6) is 2.45. The maximum absolute atomic E-state index is 10.8. The first kappa shape index (κ1) is 20.3. The molecule has 0 atom stereocenters. The minimum atomic E-state index is -0.428. The monoisotopic (exact) mass is 405 g/mol. The highest BCUT2D eigenvalue weighted by molar-refractivity contribution is 5.61. The van der Waals surface area contributed by atoms with Gasteiger partial charge in [0.25, 0.3) is 11.6 Å². The lowest BCUT2D eigenvalue weighted by molar-refractivity contribution is -0.384. The lowest BCUT2D eigenvalue weighted by Crippen LogP contribution is -2.13. The second kappa shape index (κ2) is 9.20. The second-order valence-corrected chi connectivity index (χ2v) is 8.21. The molecule has 0 saturated heterocycles. The summed E-state index contributed by atoms with van der Waals surface area (Å²) in [7, 11) is 0. The molecule has 0 unspecified atom stereocenters. The zero-order chi connectivity index (χ0) is 20.9. The normalized spacial score (nSPS) is 19.0. The summed E-state index contributed by atoms with van der Waals surface area (Å²) in [5, 5.41) is 14.9. The third-order valence-corrected chi connectivity index (χ3v) is 6.20.